The molecule has 4 aromatic heterocycles. The number of amides is 1. The lowest BCUT2D eigenvalue weighted by atomic mass is 10.1. The largest absolute Gasteiger partial charge is 0.461 e. The van der Waals surface area contributed by atoms with Crippen molar-refractivity contribution in [3.63, 3.8) is 0 Å². The summed E-state index contributed by atoms with van der Waals surface area (Å²) in [5.41, 5.74) is 7.89. The van der Waals surface area contributed by atoms with E-state index in [2.05, 4.69) is 25.3 Å². The fraction of sp³-hybridized carbons (Fsp3) is 0.370. The molecule has 13 nitrogen and oxygen atoms in total. The van der Waals surface area contributed by atoms with E-state index in [4.69, 9.17) is 10.2 Å². The topological polar surface area (TPSA) is 143 Å². The Labute approximate surface area is 244 Å². The molecule has 0 atom stereocenters. The van der Waals surface area contributed by atoms with Crippen molar-refractivity contribution in [1.82, 2.24) is 39.3 Å². The number of nitrogens with one attached hydrogen (secondary N) is 1. The van der Waals surface area contributed by atoms with Gasteiger partial charge >= 0.3 is 4.87 Å². The zero-order valence-corrected chi connectivity index (χ0v) is 24.1. The zero-order valence-electron chi connectivity index (χ0n) is 23.3. The highest BCUT2D eigenvalue weighted by Crippen LogP contribution is 2.26. The number of thiazole rings is 1. The number of hydrogen-bond donors (Lipinski definition) is 2. The lowest BCUT2D eigenvalue weighted by Crippen LogP contribution is -2.47. The van der Waals surface area contributed by atoms with E-state index in [0.717, 1.165) is 11.3 Å². The molecule has 0 bridgehead atoms. The van der Waals surface area contributed by atoms with E-state index in [1.165, 1.54) is 16.8 Å². The lowest BCUT2D eigenvalue weighted by molar-refractivity contribution is 0.0950. The molecule has 0 unspecified atom stereocenters. The molecular weight excluding hydrogens is 563 g/mol. The van der Waals surface area contributed by atoms with Crippen molar-refractivity contribution in [1.29, 1.82) is 0 Å². The molecule has 15 heteroatoms. The number of piperazine rings is 1. The Balaban J connectivity index is 1.10. The summed E-state index contributed by atoms with van der Waals surface area (Å²) in [7, 11) is 3.85. The van der Waals surface area contributed by atoms with Gasteiger partial charge < -0.3 is 25.3 Å². The van der Waals surface area contributed by atoms with E-state index in [0.29, 0.717) is 91.2 Å². The van der Waals surface area contributed by atoms with Gasteiger partial charge in [0, 0.05) is 57.9 Å². The highest BCUT2D eigenvalue weighted by Gasteiger charge is 2.23. The SMILES string of the molecule is CN(C)CCNC(=O)c1ccc(N2CCN(CCn3c(=O)sc4c3nc(N)n3nc(-c5ccco5)nc43)CC2)c(F)c1. The van der Waals surface area contributed by atoms with Crippen LogP contribution in [0.4, 0.5) is 16.0 Å². The number of nitrogens with two attached hydrogens (primary N) is 1. The number of rotatable bonds is 9. The smallest absolute Gasteiger partial charge is 0.309 e. The summed E-state index contributed by atoms with van der Waals surface area (Å²) in [5, 5.41) is 7.20. The number of likely N-dealkylation sites (N-methyl/N-ethyl adjacent to an activating group) is 1. The minimum absolute atomic E-state index is 0.127. The molecule has 1 aliphatic rings. The van der Waals surface area contributed by atoms with E-state index < -0.39 is 5.82 Å². The molecule has 42 heavy (non-hydrogen) atoms. The van der Waals surface area contributed by atoms with Crippen LogP contribution in [0.15, 0.2) is 45.8 Å². The van der Waals surface area contributed by atoms with Gasteiger partial charge in [-0.05, 0) is 44.4 Å². The van der Waals surface area contributed by atoms with Crippen LogP contribution in [-0.4, -0.2) is 99.8 Å². The predicted molar refractivity (Wildman–Crippen MR) is 158 cm³/mol. The van der Waals surface area contributed by atoms with Crippen LogP contribution in [0.3, 0.4) is 0 Å². The Morgan fingerprint density at radius 1 is 1.14 bits per heavy atom. The second-order valence-corrected chi connectivity index (χ2v) is 11.3. The maximum Gasteiger partial charge on any atom is 0.309 e. The Kier molecular flexibility index (Phi) is 7.62. The molecule has 220 valence electrons. The summed E-state index contributed by atoms with van der Waals surface area (Å²) in [4.78, 5) is 40.4. The first-order valence-electron chi connectivity index (χ1n) is 13.6. The third-order valence-corrected chi connectivity index (χ3v) is 8.23. The molecule has 0 radical (unpaired) electrons. The number of hydrogen-bond acceptors (Lipinski definition) is 11. The van der Waals surface area contributed by atoms with Gasteiger partial charge in [-0.1, -0.05) is 11.3 Å². The molecule has 5 heterocycles. The van der Waals surface area contributed by atoms with Crippen molar-refractivity contribution in [3.8, 4) is 11.6 Å². The quantitative estimate of drug-likeness (QED) is 0.258. The third kappa shape index (κ3) is 5.45. The molecule has 1 saturated heterocycles. The van der Waals surface area contributed by atoms with Gasteiger partial charge in [0.05, 0.1) is 12.0 Å². The number of halogens is 1. The van der Waals surface area contributed by atoms with Crippen LogP contribution in [0.1, 0.15) is 10.4 Å². The Morgan fingerprint density at radius 3 is 2.67 bits per heavy atom. The van der Waals surface area contributed by atoms with E-state index >= 15 is 0 Å². The number of furan rings is 1. The summed E-state index contributed by atoms with van der Waals surface area (Å²) >= 11 is 1.06. The fourth-order valence-electron chi connectivity index (χ4n) is 4.99. The van der Waals surface area contributed by atoms with Crippen molar-refractivity contribution < 1.29 is 13.6 Å². The van der Waals surface area contributed by atoms with Crippen molar-refractivity contribution in [2.24, 2.45) is 0 Å². The van der Waals surface area contributed by atoms with Crippen LogP contribution in [0.5, 0.6) is 0 Å². The van der Waals surface area contributed by atoms with E-state index in [1.54, 1.807) is 28.8 Å². The number of carbonyl (C=O) groups is 1. The van der Waals surface area contributed by atoms with Gasteiger partial charge in [0.1, 0.15) is 10.5 Å². The van der Waals surface area contributed by atoms with Crippen molar-refractivity contribution in [2.75, 3.05) is 70.5 Å². The number of nitrogens with zero attached hydrogens (tertiary/aromatic N) is 8. The molecule has 0 spiro atoms. The number of fused-ring (bicyclic) bond motifs is 3. The Hall–Kier alpha value is -4.34. The molecular formula is C27H31FN10O3S. The monoisotopic (exact) mass is 594 g/mol. The molecule has 1 amide bonds. The normalized spacial score (nSPS) is 14.4. The predicted octanol–water partition coefficient (Wildman–Crippen LogP) is 1.60. The lowest BCUT2D eigenvalue weighted by Gasteiger charge is -2.36. The van der Waals surface area contributed by atoms with Gasteiger partial charge in [0.15, 0.2) is 17.1 Å². The minimum Gasteiger partial charge on any atom is -0.461 e. The summed E-state index contributed by atoms with van der Waals surface area (Å²) in [5.74, 6) is 0.276. The Bertz CT molecular complexity index is 1790. The minimum atomic E-state index is -0.418. The molecule has 5 aromatic rings. The standard InChI is InChI=1S/C27H31FN10O3S/c1-34(2)8-7-30-25(39)17-5-6-19(18(28)16-17)36-12-9-35(10-13-36)11-14-37-23-21(42-27(37)40)24-31-22(20-4-3-15-41-20)33-38(24)26(29)32-23/h3-6,15-16H,7-14H2,1-2H3,(H2,29,32)(H,30,39). The zero-order chi connectivity index (χ0) is 29.4. The number of anilines is 2. The van der Waals surface area contributed by atoms with Crippen LogP contribution < -0.4 is 20.8 Å². The van der Waals surface area contributed by atoms with Crippen LogP contribution in [0, 0.1) is 5.82 Å². The number of aromatic nitrogens is 5. The van der Waals surface area contributed by atoms with E-state index in [1.807, 2.05) is 23.9 Å². The first-order valence-corrected chi connectivity index (χ1v) is 14.4. The van der Waals surface area contributed by atoms with Crippen molar-refractivity contribution in [2.45, 2.75) is 6.54 Å². The van der Waals surface area contributed by atoms with Crippen LogP contribution in [0.25, 0.3) is 27.6 Å². The number of benzene rings is 1. The highest BCUT2D eigenvalue weighted by atomic mass is 32.1. The van der Waals surface area contributed by atoms with Crippen LogP contribution >= 0.6 is 11.3 Å². The molecule has 1 aliphatic heterocycles. The maximum atomic E-state index is 15.0. The second-order valence-electron chi connectivity index (χ2n) is 10.3. The number of carbonyl (C=O) groups excluding carboxylic acids is 1. The second kappa shape index (κ2) is 11.5. The number of nitrogen functional groups attached to an aromatic ring is 1. The molecule has 0 aliphatic carbocycles. The molecule has 1 fully saturated rings. The summed E-state index contributed by atoms with van der Waals surface area (Å²) < 4.78 is 24.0. The van der Waals surface area contributed by atoms with Gasteiger partial charge in [-0.15, -0.1) is 5.10 Å². The van der Waals surface area contributed by atoms with Crippen molar-refractivity contribution in [3.05, 3.63) is 57.6 Å². The summed E-state index contributed by atoms with van der Waals surface area (Å²) in [6.07, 6.45) is 1.54. The fourth-order valence-corrected chi connectivity index (χ4v) is 5.92. The molecule has 3 N–H and O–H groups in total. The first-order chi connectivity index (χ1) is 20.3. The average molecular weight is 595 g/mol. The third-order valence-electron chi connectivity index (χ3n) is 7.27. The van der Waals surface area contributed by atoms with Gasteiger partial charge in [0.25, 0.3) is 5.91 Å². The first kappa shape index (κ1) is 27.8. The van der Waals surface area contributed by atoms with Gasteiger partial charge in [0.2, 0.25) is 11.8 Å². The van der Waals surface area contributed by atoms with E-state index in [-0.39, 0.29) is 16.7 Å². The highest BCUT2D eigenvalue weighted by molar-refractivity contribution is 7.17. The summed E-state index contributed by atoms with van der Waals surface area (Å²) in [6, 6.07) is 8.12. The van der Waals surface area contributed by atoms with Gasteiger partial charge in [-0.3, -0.25) is 19.1 Å². The average Bonchev–Trinajstić information content (AvgIpc) is 3.71. The van der Waals surface area contributed by atoms with Gasteiger partial charge in [-0.25, -0.2) is 9.37 Å². The van der Waals surface area contributed by atoms with Crippen LogP contribution in [0.2, 0.25) is 0 Å². The molecule has 0 saturated carbocycles. The van der Waals surface area contributed by atoms with Gasteiger partial charge in [-0.2, -0.15) is 9.50 Å². The summed E-state index contributed by atoms with van der Waals surface area (Å²) in [6.45, 7) is 4.86. The Morgan fingerprint density at radius 2 is 1.95 bits per heavy atom. The van der Waals surface area contributed by atoms with Crippen molar-refractivity contribution >= 4 is 44.9 Å². The molecule has 6 rings (SSSR count). The van der Waals surface area contributed by atoms with E-state index in [9.17, 15) is 14.0 Å². The maximum absolute atomic E-state index is 15.0. The molecule has 1 aromatic carbocycles. The van der Waals surface area contributed by atoms with Crippen LogP contribution in [-0.2, 0) is 6.54 Å².